The molecule has 2 rings (SSSR count). The molecule has 1 aromatic heterocycles. The lowest BCUT2D eigenvalue weighted by Crippen LogP contribution is -2.45. The number of hydrogen-bond acceptors (Lipinski definition) is 5. The van der Waals surface area contributed by atoms with Gasteiger partial charge in [-0.2, -0.15) is 0 Å². The Labute approximate surface area is 145 Å². The van der Waals surface area contributed by atoms with Gasteiger partial charge in [0.25, 0.3) is 5.91 Å². The molecule has 0 saturated carbocycles. The molecule has 3 amide bonds. The Balaban J connectivity index is 2.38. The van der Waals surface area contributed by atoms with Crippen LogP contribution in [0.5, 0.6) is 0 Å². The van der Waals surface area contributed by atoms with Crippen LogP contribution in [-0.2, 0) is 9.53 Å². The molecule has 7 nitrogen and oxygen atoms in total. The summed E-state index contributed by atoms with van der Waals surface area (Å²) >= 11 is 0. The van der Waals surface area contributed by atoms with E-state index in [2.05, 4.69) is 4.98 Å². The number of ether oxygens (including phenoxy) is 1. The quantitative estimate of drug-likeness (QED) is 0.827. The zero-order valence-electron chi connectivity index (χ0n) is 14.6. The Kier molecular flexibility index (Phi) is 5.36. The molecule has 1 heterocycles. The predicted octanol–water partition coefficient (Wildman–Crippen LogP) is 2.23. The minimum absolute atomic E-state index is 0.316. The summed E-state index contributed by atoms with van der Waals surface area (Å²) in [6.07, 6.45) is -1.13. The maximum absolute atomic E-state index is 12.7. The van der Waals surface area contributed by atoms with Gasteiger partial charge in [-0.05, 0) is 31.4 Å². The molecule has 0 spiro atoms. The van der Waals surface area contributed by atoms with Gasteiger partial charge in [0.1, 0.15) is 0 Å². The first-order valence-corrected chi connectivity index (χ1v) is 7.89. The molecule has 1 aromatic carbocycles. The third kappa shape index (κ3) is 3.93. The third-order valence-corrected chi connectivity index (χ3v) is 3.88. The van der Waals surface area contributed by atoms with Crippen LogP contribution in [0.25, 0.3) is 10.9 Å². The average molecular weight is 343 g/mol. The van der Waals surface area contributed by atoms with Crippen LogP contribution in [-0.4, -0.2) is 29.0 Å². The van der Waals surface area contributed by atoms with E-state index in [0.29, 0.717) is 11.3 Å². The molecule has 0 aliphatic carbocycles. The molecule has 7 heteroatoms. The summed E-state index contributed by atoms with van der Waals surface area (Å²) in [4.78, 5) is 40.0. The van der Waals surface area contributed by atoms with E-state index in [1.165, 1.54) is 0 Å². The van der Waals surface area contributed by atoms with Gasteiger partial charge in [0, 0.05) is 5.39 Å². The third-order valence-electron chi connectivity index (χ3n) is 3.88. The van der Waals surface area contributed by atoms with Crippen molar-refractivity contribution in [2.75, 3.05) is 0 Å². The van der Waals surface area contributed by atoms with Gasteiger partial charge in [0.15, 0.2) is 6.10 Å². The highest BCUT2D eigenvalue weighted by Crippen LogP contribution is 2.24. The summed E-state index contributed by atoms with van der Waals surface area (Å²) in [7, 11) is 0. The molecule has 0 aliphatic heterocycles. The molecular formula is C18H21N3O4. The fourth-order valence-corrected chi connectivity index (χ4v) is 2.69. The van der Waals surface area contributed by atoms with Crippen LogP contribution in [0.1, 0.15) is 35.5 Å². The van der Waals surface area contributed by atoms with Crippen molar-refractivity contribution in [1.82, 2.24) is 10.3 Å². The second-order valence-corrected chi connectivity index (χ2v) is 6.14. The second-order valence-electron chi connectivity index (χ2n) is 6.14. The summed E-state index contributed by atoms with van der Waals surface area (Å²) in [6.45, 7) is 6.93. The summed E-state index contributed by atoms with van der Waals surface area (Å²) in [5, 5.41) is 2.78. The van der Waals surface area contributed by atoms with Crippen molar-refractivity contribution in [1.29, 1.82) is 0 Å². The van der Waals surface area contributed by atoms with Gasteiger partial charge in [-0.25, -0.2) is 9.59 Å². The molecule has 3 N–H and O–H groups in total. The van der Waals surface area contributed by atoms with Gasteiger partial charge in [0.2, 0.25) is 0 Å². The lowest BCUT2D eigenvalue weighted by molar-refractivity contribution is -0.130. The lowest BCUT2D eigenvalue weighted by Gasteiger charge is -2.21. The van der Waals surface area contributed by atoms with E-state index < -0.39 is 24.0 Å². The average Bonchev–Trinajstić information content (AvgIpc) is 2.51. The smallest absolute Gasteiger partial charge is 0.341 e. The maximum atomic E-state index is 12.7. The van der Waals surface area contributed by atoms with Crippen molar-refractivity contribution in [2.45, 2.75) is 33.8 Å². The standard InChI is InChI=1S/C18H21N3O4/c1-9(2)15(16(22)21-18(19)24)25-17(23)14-10(3)12-7-5-6-8-13(12)20-11(14)4/h5-9,15H,1-4H3,(H3,19,21,22,24). The van der Waals surface area contributed by atoms with Crippen molar-refractivity contribution in [3.8, 4) is 0 Å². The van der Waals surface area contributed by atoms with E-state index in [9.17, 15) is 14.4 Å². The Morgan fingerprint density at radius 1 is 1.16 bits per heavy atom. The first-order chi connectivity index (χ1) is 11.7. The van der Waals surface area contributed by atoms with Crippen LogP contribution >= 0.6 is 0 Å². The number of esters is 1. The van der Waals surface area contributed by atoms with Crippen molar-refractivity contribution in [3.63, 3.8) is 0 Å². The maximum Gasteiger partial charge on any atom is 0.341 e. The van der Waals surface area contributed by atoms with Crippen molar-refractivity contribution >= 4 is 28.8 Å². The van der Waals surface area contributed by atoms with Crippen LogP contribution in [0.3, 0.4) is 0 Å². The number of nitrogens with zero attached hydrogens (tertiary/aromatic N) is 1. The number of imide groups is 1. The molecular weight excluding hydrogens is 322 g/mol. The van der Waals surface area contributed by atoms with E-state index in [-0.39, 0.29) is 5.92 Å². The number of para-hydroxylation sites is 1. The van der Waals surface area contributed by atoms with E-state index in [1.807, 2.05) is 36.5 Å². The molecule has 0 aliphatic rings. The Hall–Kier alpha value is -2.96. The Bertz CT molecular complexity index is 846. The molecule has 0 fully saturated rings. The highest BCUT2D eigenvalue weighted by atomic mass is 16.5. The van der Waals surface area contributed by atoms with E-state index in [4.69, 9.17) is 10.5 Å². The summed E-state index contributed by atoms with van der Waals surface area (Å²) < 4.78 is 5.37. The number of carbonyl (C=O) groups is 3. The molecule has 132 valence electrons. The minimum atomic E-state index is -1.13. The number of hydrogen-bond donors (Lipinski definition) is 2. The molecule has 0 saturated heterocycles. The normalized spacial score (nSPS) is 12.0. The second kappa shape index (κ2) is 7.29. The van der Waals surface area contributed by atoms with Crippen molar-refractivity contribution < 1.29 is 19.1 Å². The summed E-state index contributed by atoms with van der Waals surface area (Å²) in [5.41, 5.74) is 7.30. The largest absolute Gasteiger partial charge is 0.448 e. The van der Waals surface area contributed by atoms with Crippen molar-refractivity contribution in [2.24, 2.45) is 11.7 Å². The monoisotopic (exact) mass is 343 g/mol. The van der Waals surface area contributed by atoms with Gasteiger partial charge in [-0.3, -0.25) is 15.1 Å². The van der Waals surface area contributed by atoms with E-state index >= 15 is 0 Å². The van der Waals surface area contributed by atoms with Crippen LogP contribution < -0.4 is 11.1 Å². The number of carbonyl (C=O) groups excluding carboxylic acids is 3. The number of aryl methyl sites for hydroxylation is 2. The summed E-state index contributed by atoms with van der Waals surface area (Å²) in [5.74, 6) is -1.75. The summed E-state index contributed by atoms with van der Waals surface area (Å²) in [6, 6.07) is 6.47. The number of primary amides is 1. The minimum Gasteiger partial charge on any atom is -0.448 e. The number of aromatic nitrogens is 1. The van der Waals surface area contributed by atoms with E-state index in [1.54, 1.807) is 20.8 Å². The van der Waals surface area contributed by atoms with Crippen LogP contribution in [0.2, 0.25) is 0 Å². The first kappa shape index (κ1) is 18.4. The van der Waals surface area contributed by atoms with Crippen LogP contribution in [0.4, 0.5) is 4.79 Å². The highest BCUT2D eigenvalue weighted by molar-refractivity contribution is 6.01. The number of pyridine rings is 1. The zero-order chi connectivity index (χ0) is 18.7. The Morgan fingerprint density at radius 3 is 2.40 bits per heavy atom. The first-order valence-electron chi connectivity index (χ1n) is 7.89. The van der Waals surface area contributed by atoms with E-state index in [0.717, 1.165) is 16.5 Å². The molecule has 0 bridgehead atoms. The number of nitrogens with two attached hydrogens (primary N) is 1. The predicted molar refractivity (Wildman–Crippen MR) is 93.0 cm³/mol. The fourth-order valence-electron chi connectivity index (χ4n) is 2.69. The number of urea groups is 1. The number of nitrogens with one attached hydrogen (secondary N) is 1. The number of fused-ring (bicyclic) bond motifs is 1. The number of amides is 3. The fraction of sp³-hybridized carbons (Fsp3) is 0.333. The molecule has 1 unspecified atom stereocenters. The van der Waals surface area contributed by atoms with Gasteiger partial charge in [0.05, 0.1) is 16.8 Å². The zero-order valence-corrected chi connectivity index (χ0v) is 14.6. The topological polar surface area (TPSA) is 111 Å². The molecule has 2 aromatic rings. The van der Waals surface area contributed by atoms with Gasteiger partial charge < -0.3 is 10.5 Å². The highest BCUT2D eigenvalue weighted by Gasteiger charge is 2.29. The molecule has 1 atom stereocenters. The SMILES string of the molecule is Cc1nc2ccccc2c(C)c1C(=O)OC(C(=O)NC(N)=O)C(C)C. The van der Waals surface area contributed by atoms with Gasteiger partial charge in [-0.15, -0.1) is 0 Å². The molecule has 0 radical (unpaired) electrons. The van der Waals surface area contributed by atoms with Gasteiger partial charge in [-0.1, -0.05) is 32.0 Å². The van der Waals surface area contributed by atoms with Gasteiger partial charge >= 0.3 is 12.0 Å². The number of benzene rings is 1. The van der Waals surface area contributed by atoms with Crippen LogP contribution in [0.15, 0.2) is 24.3 Å². The molecule has 25 heavy (non-hydrogen) atoms. The lowest BCUT2D eigenvalue weighted by atomic mass is 10.0. The Morgan fingerprint density at radius 2 is 1.80 bits per heavy atom. The van der Waals surface area contributed by atoms with Crippen molar-refractivity contribution in [3.05, 3.63) is 41.1 Å². The van der Waals surface area contributed by atoms with Crippen LogP contribution in [0, 0.1) is 19.8 Å². The number of rotatable bonds is 4.